The maximum Gasteiger partial charge on any atom is 0.336 e. The second kappa shape index (κ2) is 5.27. The van der Waals surface area contributed by atoms with Crippen LogP contribution in [0.15, 0.2) is 0 Å². The summed E-state index contributed by atoms with van der Waals surface area (Å²) in [5, 5.41) is 28.0. The van der Waals surface area contributed by atoms with Gasteiger partial charge in [-0.05, 0) is 26.7 Å². The van der Waals surface area contributed by atoms with Gasteiger partial charge in [0.25, 0.3) is 0 Å². The molecule has 0 aromatic heterocycles. The van der Waals surface area contributed by atoms with Gasteiger partial charge in [0.05, 0.1) is 19.1 Å². The van der Waals surface area contributed by atoms with Gasteiger partial charge in [-0.25, -0.2) is 4.79 Å². The normalized spacial score (nSPS) is 15.3. The number of hydrogen-bond donors (Lipinski definition) is 3. The molecule has 0 spiro atoms. The molecule has 0 saturated heterocycles. The molecule has 0 bridgehead atoms. The molecule has 0 heterocycles. The summed E-state index contributed by atoms with van der Waals surface area (Å²) in [4.78, 5) is 21.8. The lowest BCUT2D eigenvalue weighted by Gasteiger charge is -2.26. The zero-order valence-corrected chi connectivity index (χ0v) is 9.69. The van der Waals surface area contributed by atoms with Crippen LogP contribution in [0.25, 0.3) is 0 Å². The number of carboxylic acid groups (broad SMARTS) is 1. The summed E-state index contributed by atoms with van der Waals surface area (Å²) in [5.41, 5.74) is -3.29. The van der Waals surface area contributed by atoms with E-state index in [1.165, 1.54) is 13.8 Å². The molecule has 0 fully saturated rings. The van der Waals surface area contributed by atoms with E-state index in [1.54, 1.807) is 0 Å². The quantitative estimate of drug-likeness (QED) is 0.555. The Balaban J connectivity index is 4.58. The van der Waals surface area contributed by atoms with Crippen molar-refractivity contribution < 1.29 is 29.6 Å². The monoisotopic (exact) mass is 234 g/mol. The number of carbonyl (C=O) groups excluding carboxylic acids is 1. The summed E-state index contributed by atoms with van der Waals surface area (Å²) in [6.45, 7) is 2.99. The van der Waals surface area contributed by atoms with Gasteiger partial charge in [0.2, 0.25) is 0 Å². The van der Waals surface area contributed by atoms with Crippen molar-refractivity contribution in [1.82, 2.24) is 0 Å². The number of rotatable bonds is 6. The highest BCUT2D eigenvalue weighted by atomic mass is 16.5. The first-order valence-electron chi connectivity index (χ1n) is 4.86. The van der Waals surface area contributed by atoms with Gasteiger partial charge in [-0.1, -0.05) is 0 Å². The van der Waals surface area contributed by atoms with Crippen LogP contribution in [0.3, 0.4) is 0 Å². The second-order valence-corrected chi connectivity index (χ2v) is 4.40. The largest absolute Gasteiger partial charge is 0.479 e. The van der Waals surface area contributed by atoms with Crippen molar-refractivity contribution in [1.29, 1.82) is 0 Å². The summed E-state index contributed by atoms with van der Waals surface area (Å²) in [5.74, 6) is -2.30. The van der Waals surface area contributed by atoms with Gasteiger partial charge in [-0.3, -0.25) is 4.79 Å². The highest BCUT2D eigenvalue weighted by molar-refractivity contribution is 5.84. The minimum absolute atomic E-state index is 0.0623. The average molecular weight is 234 g/mol. The Kier molecular flexibility index (Phi) is 4.89. The molecule has 0 aliphatic rings. The molecule has 0 aliphatic heterocycles. The Labute approximate surface area is 93.8 Å². The average Bonchev–Trinajstić information content (AvgIpc) is 2.13. The van der Waals surface area contributed by atoms with E-state index in [2.05, 4.69) is 4.74 Å². The molecular formula is C10H18O6. The van der Waals surface area contributed by atoms with E-state index < -0.39 is 29.6 Å². The van der Waals surface area contributed by atoms with Gasteiger partial charge in [0.1, 0.15) is 0 Å². The number of aliphatic hydroxyl groups is 2. The van der Waals surface area contributed by atoms with Gasteiger partial charge in [-0.2, -0.15) is 0 Å². The van der Waals surface area contributed by atoms with Crippen LogP contribution in [0.1, 0.15) is 33.1 Å². The summed E-state index contributed by atoms with van der Waals surface area (Å²) in [6, 6.07) is 0. The Hall–Kier alpha value is -1.14. The second-order valence-electron chi connectivity index (χ2n) is 4.40. The number of ether oxygens (including phenoxy) is 1. The molecule has 0 radical (unpaired) electrons. The van der Waals surface area contributed by atoms with Crippen molar-refractivity contribution in [2.75, 3.05) is 7.11 Å². The van der Waals surface area contributed by atoms with E-state index in [9.17, 15) is 19.8 Å². The molecule has 0 saturated carbocycles. The number of carboxylic acids is 1. The van der Waals surface area contributed by atoms with Crippen molar-refractivity contribution in [2.45, 2.75) is 44.3 Å². The lowest BCUT2D eigenvalue weighted by atomic mass is 9.89. The molecule has 0 aromatic rings. The third kappa shape index (κ3) is 5.09. The maximum atomic E-state index is 10.9. The predicted molar refractivity (Wildman–Crippen MR) is 54.8 cm³/mol. The fourth-order valence-electron chi connectivity index (χ4n) is 1.09. The zero-order valence-electron chi connectivity index (χ0n) is 9.69. The van der Waals surface area contributed by atoms with E-state index in [0.717, 1.165) is 7.11 Å². The Morgan fingerprint density at radius 2 is 1.69 bits per heavy atom. The van der Waals surface area contributed by atoms with Crippen LogP contribution < -0.4 is 0 Å². The Bertz CT molecular complexity index is 267. The number of methoxy groups -OCH3 is 1. The van der Waals surface area contributed by atoms with E-state index in [-0.39, 0.29) is 12.8 Å². The third-order valence-electron chi connectivity index (χ3n) is 2.21. The van der Waals surface area contributed by atoms with Crippen LogP contribution in [-0.2, 0) is 14.3 Å². The van der Waals surface area contributed by atoms with Gasteiger partial charge in [-0.15, -0.1) is 0 Å². The van der Waals surface area contributed by atoms with Crippen LogP contribution in [0, 0.1) is 0 Å². The molecule has 1 unspecified atom stereocenters. The molecule has 0 rings (SSSR count). The molecular weight excluding hydrogens is 216 g/mol. The predicted octanol–water partition coefficient (Wildman–Crippen LogP) is -0.0837. The highest BCUT2D eigenvalue weighted by Crippen LogP contribution is 2.23. The SMILES string of the molecule is COC(=O)CC(O)(CCC(C)(C)O)C(=O)O. The molecule has 0 aliphatic carbocycles. The van der Waals surface area contributed by atoms with Gasteiger partial charge >= 0.3 is 11.9 Å². The molecule has 1 atom stereocenters. The maximum absolute atomic E-state index is 10.9. The number of esters is 1. The molecule has 0 aromatic carbocycles. The van der Waals surface area contributed by atoms with Crippen molar-refractivity contribution >= 4 is 11.9 Å². The summed E-state index contributed by atoms with van der Waals surface area (Å²) >= 11 is 0. The molecule has 0 amide bonds. The van der Waals surface area contributed by atoms with E-state index in [0.29, 0.717) is 0 Å². The molecule has 6 heteroatoms. The summed E-state index contributed by atoms with van der Waals surface area (Å²) < 4.78 is 4.30. The fraction of sp³-hybridized carbons (Fsp3) is 0.800. The van der Waals surface area contributed by atoms with Gasteiger partial charge in [0.15, 0.2) is 5.60 Å². The molecule has 3 N–H and O–H groups in total. The van der Waals surface area contributed by atoms with Crippen LogP contribution in [0.4, 0.5) is 0 Å². The van der Waals surface area contributed by atoms with Crippen molar-refractivity contribution in [2.24, 2.45) is 0 Å². The van der Waals surface area contributed by atoms with Crippen LogP contribution >= 0.6 is 0 Å². The third-order valence-corrected chi connectivity index (χ3v) is 2.21. The first-order chi connectivity index (χ1) is 7.10. The number of aliphatic carboxylic acids is 1. The standard InChI is InChI=1S/C10H18O6/c1-9(2,14)4-5-10(15,8(12)13)6-7(11)16-3/h14-15H,4-6H2,1-3H3,(H,12,13). The van der Waals surface area contributed by atoms with Crippen LogP contribution in [0.2, 0.25) is 0 Å². The Morgan fingerprint density at radius 3 is 2.00 bits per heavy atom. The topological polar surface area (TPSA) is 104 Å². The van der Waals surface area contributed by atoms with Crippen molar-refractivity contribution in [3.63, 3.8) is 0 Å². The lowest BCUT2D eigenvalue weighted by molar-refractivity contribution is -0.168. The minimum atomic E-state index is -2.19. The van der Waals surface area contributed by atoms with Crippen LogP contribution in [0.5, 0.6) is 0 Å². The van der Waals surface area contributed by atoms with Crippen molar-refractivity contribution in [3.05, 3.63) is 0 Å². The summed E-state index contributed by atoms with van der Waals surface area (Å²) in [6.07, 6.45) is -0.789. The highest BCUT2D eigenvalue weighted by Gasteiger charge is 2.39. The first kappa shape index (κ1) is 14.9. The zero-order chi connectivity index (χ0) is 13.0. The summed E-state index contributed by atoms with van der Waals surface area (Å²) in [7, 11) is 1.11. The van der Waals surface area contributed by atoms with Crippen LogP contribution in [-0.4, -0.2) is 45.6 Å². The van der Waals surface area contributed by atoms with Gasteiger partial charge in [0, 0.05) is 0 Å². The van der Waals surface area contributed by atoms with E-state index >= 15 is 0 Å². The van der Waals surface area contributed by atoms with Crippen molar-refractivity contribution in [3.8, 4) is 0 Å². The molecule has 6 nitrogen and oxygen atoms in total. The molecule has 16 heavy (non-hydrogen) atoms. The molecule has 94 valence electrons. The smallest absolute Gasteiger partial charge is 0.336 e. The number of carbonyl (C=O) groups is 2. The first-order valence-corrected chi connectivity index (χ1v) is 4.86. The lowest BCUT2D eigenvalue weighted by Crippen LogP contribution is -2.42. The minimum Gasteiger partial charge on any atom is -0.479 e. The Morgan fingerprint density at radius 1 is 1.19 bits per heavy atom. The fourth-order valence-corrected chi connectivity index (χ4v) is 1.09. The number of hydrogen-bond acceptors (Lipinski definition) is 5. The van der Waals surface area contributed by atoms with E-state index in [1.807, 2.05) is 0 Å². The van der Waals surface area contributed by atoms with E-state index in [4.69, 9.17) is 5.11 Å². The van der Waals surface area contributed by atoms with Gasteiger partial charge < -0.3 is 20.1 Å².